The van der Waals surface area contributed by atoms with Gasteiger partial charge < -0.3 is 19.1 Å². The molecule has 5 nitrogen and oxygen atoms in total. The SMILES string of the molecule is O=C(c1ccccc1)N1CCO[C@@H]2[C@H]1CC[C@H]2OCC1CCOCC1. The first-order chi connectivity index (χ1) is 12.3. The van der Waals surface area contributed by atoms with E-state index in [2.05, 4.69) is 0 Å². The molecule has 1 amide bonds. The largest absolute Gasteiger partial charge is 0.381 e. The first-order valence-electron chi connectivity index (χ1n) is 9.50. The molecular formula is C20H27NO4. The lowest BCUT2D eigenvalue weighted by Gasteiger charge is -2.39. The normalized spacial score (nSPS) is 30.2. The number of nitrogens with zero attached hydrogens (tertiary/aromatic N) is 1. The predicted molar refractivity (Wildman–Crippen MR) is 93.5 cm³/mol. The van der Waals surface area contributed by atoms with Crippen molar-refractivity contribution in [1.82, 2.24) is 4.90 Å². The summed E-state index contributed by atoms with van der Waals surface area (Å²) in [4.78, 5) is 14.9. The standard InChI is InChI=1S/C20H27NO4/c22-20(16-4-2-1-3-5-16)21-10-13-24-19-17(21)6-7-18(19)25-14-15-8-11-23-12-9-15/h1-5,15,17-19H,6-14H2/t17-,18-,19-/m1/s1. The Labute approximate surface area is 149 Å². The maximum atomic E-state index is 12.9. The van der Waals surface area contributed by atoms with E-state index in [1.165, 1.54) is 0 Å². The van der Waals surface area contributed by atoms with E-state index in [4.69, 9.17) is 14.2 Å². The average molecular weight is 345 g/mol. The molecule has 5 heteroatoms. The highest BCUT2D eigenvalue weighted by atomic mass is 16.5. The van der Waals surface area contributed by atoms with Gasteiger partial charge in [0.15, 0.2) is 0 Å². The molecule has 1 aromatic carbocycles. The van der Waals surface area contributed by atoms with Crippen molar-refractivity contribution in [2.45, 2.75) is 43.9 Å². The van der Waals surface area contributed by atoms with Gasteiger partial charge in [-0.1, -0.05) is 18.2 Å². The lowest BCUT2D eigenvalue weighted by molar-refractivity contribution is -0.113. The Balaban J connectivity index is 1.37. The number of hydrogen-bond donors (Lipinski definition) is 0. The van der Waals surface area contributed by atoms with Crippen LogP contribution in [0.2, 0.25) is 0 Å². The number of amides is 1. The summed E-state index contributed by atoms with van der Waals surface area (Å²) in [7, 11) is 0. The van der Waals surface area contributed by atoms with E-state index in [-0.39, 0.29) is 24.2 Å². The van der Waals surface area contributed by atoms with Gasteiger partial charge in [-0.2, -0.15) is 0 Å². The van der Waals surface area contributed by atoms with Crippen molar-refractivity contribution in [3.63, 3.8) is 0 Å². The molecule has 2 aliphatic heterocycles. The molecule has 0 radical (unpaired) electrons. The molecule has 136 valence electrons. The number of carbonyl (C=O) groups excluding carboxylic acids is 1. The van der Waals surface area contributed by atoms with E-state index in [1.807, 2.05) is 35.2 Å². The minimum Gasteiger partial charge on any atom is -0.381 e. The monoisotopic (exact) mass is 345 g/mol. The average Bonchev–Trinajstić information content (AvgIpc) is 3.10. The molecule has 0 aromatic heterocycles. The summed E-state index contributed by atoms with van der Waals surface area (Å²) < 4.78 is 17.7. The van der Waals surface area contributed by atoms with Crippen molar-refractivity contribution in [2.75, 3.05) is 33.0 Å². The third kappa shape index (κ3) is 3.73. The maximum Gasteiger partial charge on any atom is 0.254 e. The Morgan fingerprint density at radius 1 is 1.08 bits per heavy atom. The van der Waals surface area contributed by atoms with E-state index in [0.717, 1.165) is 51.1 Å². The number of hydrogen-bond acceptors (Lipinski definition) is 4. The third-order valence-corrected chi connectivity index (χ3v) is 5.70. The third-order valence-electron chi connectivity index (χ3n) is 5.70. The van der Waals surface area contributed by atoms with E-state index in [1.54, 1.807) is 0 Å². The molecule has 0 spiro atoms. The highest BCUT2D eigenvalue weighted by Crippen LogP contribution is 2.33. The lowest BCUT2D eigenvalue weighted by atomic mass is 10.0. The van der Waals surface area contributed by atoms with Gasteiger partial charge in [-0.15, -0.1) is 0 Å². The fourth-order valence-electron chi connectivity index (χ4n) is 4.27. The summed E-state index contributed by atoms with van der Waals surface area (Å²) in [6.45, 7) is 3.74. The second kappa shape index (κ2) is 7.85. The molecule has 1 aliphatic carbocycles. The van der Waals surface area contributed by atoms with E-state index >= 15 is 0 Å². The van der Waals surface area contributed by atoms with Gasteiger partial charge in [0.05, 0.1) is 25.4 Å². The number of rotatable bonds is 4. The van der Waals surface area contributed by atoms with E-state index < -0.39 is 0 Å². The first kappa shape index (κ1) is 17.0. The Hall–Kier alpha value is -1.43. The summed E-state index contributed by atoms with van der Waals surface area (Å²) >= 11 is 0. The van der Waals surface area contributed by atoms with Gasteiger partial charge in [0.25, 0.3) is 5.91 Å². The summed E-state index contributed by atoms with van der Waals surface area (Å²) in [5.74, 6) is 0.711. The quantitative estimate of drug-likeness (QED) is 0.841. The maximum absolute atomic E-state index is 12.9. The Bertz CT molecular complexity index is 572. The van der Waals surface area contributed by atoms with Gasteiger partial charge in [0.1, 0.15) is 6.10 Å². The van der Waals surface area contributed by atoms with Crippen LogP contribution in [0.1, 0.15) is 36.0 Å². The van der Waals surface area contributed by atoms with Crippen LogP contribution in [0.4, 0.5) is 0 Å². The molecule has 3 fully saturated rings. The molecule has 0 unspecified atom stereocenters. The van der Waals surface area contributed by atoms with Crippen LogP contribution in [0, 0.1) is 5.92 Å². The van der Waals surface area contributed by atoms with Crippen molar-refractivity contribution < 1.29 is 19.0 Å². The Morgan fingerprint density at radius 2 is 1.88 bits per heavy atom. The zero-order valence-corrected chi connectivity index (χ0v) is 14.6. The molecule has 1 saturated carbocycles. The van der Waals surface area contributed by atoms with Gasteiger partial charge in [-0.3, -0.25) is 4.79 Å². The number of fused-ring (bicyclic) bond motifs is 1. The molecule has 3 atom stereocenters. The highest BCUT2D eigenvalue weighted by molar-refractivity contribution is 5.94. The van der Waals surface area contributed by atoms with E-state index in [0.29, 0.717) is 19.1 Å². The van der Waals surface area contributed by atoms with Crippen LogP contribution in [0.5, 0.6) is 0 Å². The fraction of sp³-hybridized carbons (Fsp3) is 0.650. The minimum atomic E-state index is 0.0150. The predicted octanol–water partition coefficient (Wildman–Crippen LogP) is 2.50. The lowest BCUT2D eigenvalue weighted by Crippen LogP contribution is -2.54. The molecule has 0 bridgehead atoms. The Morgan fingerprint density at radius 3 is 2.68 bits per heavy atom. The van der Waals surface area contributed by atoms with Crippen LogP contribution < -0.4 is 0 Å². The van der Waals surface area contributed by atoms with Gasteiger partial charge in [-0.25, -0.2) is 0 Å². The second-order valence-corrected chi connectivity index (χ2v) is 7.27. The summed E-state index contributed by atoms with van der Waals surface area (Å²) in [6.07, 6.45) is 4.22. The van der Waals surface area contributed by atoms with Crippen LogP contribution in [0.25, 0.3) is 0 Å². The summed E-state index contributed by atoms with van der Waals surface area (Å²) in [5.41, 5.74) is 0.759. The van der Waals surface area contributed by atoms with Gasteiger partial charge in [-0.05, 0) is 43.7 Å². The van der Waals surface area contributed by atoms with Crippen LogP contribution in [-0.4, -0.2) is 62.0 Å². The van der Waals surface area contributed by atoms with Crippen molar-refractivity contribution in [3.8, 4) is 0 Å². The molecule has 2 saturated heterocycles. The second-order valence-electron chi connectivity index (χ2n) is 7.27. The highest BCUT2D eigenvalue weighted by Gasteiger charge is 2.45. The van der Waals surface area contributed by atoms with Gasteiger partial charge >= 0.3 is 0 Å². The zero-order valence-electron chi connectivity index (χ0n) is 14.6. The smallest absolute Gasteiger partial charge is 0.254 e. The summed E-state index contributed by atoms with van der Waals surface area (Å²) in [5, 5.41) is 0. The van der Waals surface area contributed by atoms with Crippen LogP contribution in [-0.2, 0) is 14.2 Å². The Kier molecular flexibility index (Phi) is 5.34. The number of ether oxygens (including phenoxy) is 3. The van der Waals surface area contributed by atoms with Crippen molar-refractivity contribution >= 4 is 5.91 Å². The molecule has 0 N–H and O–H groups in total. The van der Waals surface area contributed by atoms with Crippen molar-refractivity contribution in [1.29, 1.82) is 0 Å². The first-order valence-corrected chi connectivity index (χ1v) is 9.50. The molecular weight excluding hydrogens is 318 g/mol. The van der Waals surface area contributed by atoms with Gasteiger partial charge in [0, 0.05) is 25.3 Å². The topological polar surface area (TPSA) is 48.0 Å². The number of carbonyl (C=O) groups is 1. The zero-order chi connectivity index (χ0) is 17.1. The molecule has 2 heterocycles. The van der Waals surface area contributed by atoms with E-state index in [9.17, 15) is 4.79 Å². The van der Waals surface area contributed by atoms with Gasteiger partial charge in [0.2, 0.25) is 0 Å². The van der Waals surface area contributed by atoms with Crippen LogP contribution in [0.3, 0.4) is 0 Å². The van der Waals surface area contributed by atoms with Crippen molar-refractivity contribution in [3.05, 3.63) is 35.9 Å². The van der Waals surface area contributed by atoms with Crippen LogP contribution in [0.15, 0.2) is 30.3 Å². The molecule has 4 rings (SSSR count). The van der Waals surface area contributed by atoms with Crippen molar-refractivity contribution in [2.24, 2.45) is 5.92 Å². The molecule has 25 heavy (non-hydrogen) atoms. The number of benzene rings is 1. The summed E-state index contributed by atoms with van der Waals surface area (Å²) in [6, 6.07) is 9.69. The molecule has 1 aromatic rings. The van der Waals surface area contributed by atoms with Crippen LogP contribution >= 0.6 is 0 Å². The molecule has 3 aliphatic rings. The minimum absolute atomic E-state index is 0.0150. The fourth-order valence-corrected chi connectivity index (χ4v) is 4.27. The number of morpholine rings is 1.